The normalized spacial score (nSPS) is 16.9. The zero-order valence-corrected chi connectivity index (χ0v) is 17.4. The van der Waals surface area contributed by atoms with Gasteiger partial charge in [0.2, 0.25) is 10.0 Å². The first-order valence-corrected chi connectivity index (χ1v) is 11.2. The van der Waals surface area contributed by atoms with Crippen LogP contribution in [-0.2, 0) is 28.5 Å². The third-order valence-corrected chi connectivity index (χ3v) is 7.21. The van der Waals surface area contributed by atoms with E-state index >= 15 is 0 Å². The third-order valence-electron chi connectivity index (χ3n) is 5.36. The van der Waals surface area contributed by atoms with Crippen LogP contribution in [0.2, 0.25) is 0 Å². The van der Waals surface area contributed by atoms with E-state index in [0.717, 1.165) is 12.1 Å². The highest BCUT2D eigenvalue weighted by Crippen LogP contribution is 2.30. The van der Waals surface area contributed by atoms with E-state index in [1.54, 1.807) is 12.1 Å². The molecule has 0 spiro atoms. The quantitative estimate of drug-likeness (QED) is 0.625. The average molecular weight is 444 g/mol. The van der Waals surface area contributed by atoms with Crippen LogP contribution in [0, 0.1) is 5.82 Å². The van der Waals surface area contributed by atoms with E-state index in [2.05, 4.69) is 0 Å². The van der Waals surface area contributed by atoms with Crippen LogP contribution in [0.25, 0.3) is 0 Å². The Kier molecular flexibility index (Phi) is 6.84. The molecule has 1 heterocycles. The Morgan fingerprint density at radius 3 is 2.30 bits per heavy atom. The standard InChI is InChI=1S/C21H24F4N2O2S/c1-26(14-16-4-2-6-18(12-16)21(23,24)25)20-8-10-27(11-9-20)30(28,29)15-17-5-3-7-19(22)13-17/h2-7,12-13,20H,8-11,14-15H2,1H3. The lowest BCUT2D eigenvalue weighted by atomic mass is 10.0. The van der Waals surface area contributed by atoms with Crippen molar-refractivity contribution in [1.29, 1.82) is 0 Å². The van der Waals surface area contributed by atoms with Gasteiger partial charge in [-0.25, -0.2) is 17.1 Å². The molecule has 3 rings (SSSR count). The second-order valence-corrected chi connectivity index (χ2v) is 9.60. The van der Waals surface area contributed by atoms with E-state index in [4.69, 9.17) is 0 Å². The second-order valence-electron chi connectivity index (χ2n) is 7.63. The minimum atomic E-state index is -4.38. The molecule has 1 aliphatic rings. The number of alkyl halides is 3. The van der Waals surface area contributed by atoms with Gasteiger partial charge in [0.05, 0.1) is 11.3 Å². The van der Waals surface area contributed by atoms with Gasteiger partial charge in [0.25, 0.3) is 0 Å². The summed E-state index contributed by atoms with van der Waals surface area (Å²) in [5.41, 5.74) is 0.291. The summed E-state index contributed by atoms with van der Waals surface area (Å²) in [5, 5.41) is 0. The lowest BCUT2D eigenvalue weighted by Crippen LogP contribution is -2.45. The maximum Gasteiger partial charge on any atom is 0.416 e. The Morgan fingerprint density at radius 1 is 1.03 bits per heavy atom. The van der Waals surface area contributed by atoms with Gasteiger partial charge in [0.1, 0.15) is 5.82 Å². The molecule has 0 atom stereocenters. The number of hydrogen-bond donors (Lipinski definition) is 0. The van der Waals surface area contributed by atoms with Crippen LogP contribution < -0.4 is 0 Å². The van der Waals surface area contributed by atoms with Crippen LogP contribution >= 0.6 is 0 Å². The van der Waals surface area contributed by atoms with E-state index in [0.29, 0.717) is 43.6 Å². The second kappa shape index (κ2) is 9.03. The van der Waals surface area contributed by atoms with Gasteiger partial charge in [-0.05, 0) is 49.2 Å². The van der Waals surface area contributed by atoms with Crippen molar-refractivity contribution in [2.24, 2.45) is 0 Å². The van der Waals surface area contributed by atoms with Crippen LogP contribution in [-0.4, -0.2) is 43.8 Å². The summed E-state index contributed by atoms with van der Waals surface area (Å²) in [6, 6.07) is 10.9. The number of hydrogen-bond acceptors (Lipinski definition) is 3. The highest BCUT2D eigenvalue weighted by Gasteiger charge is 2.32. The van der Waals surface area contributed by atoms with E-state index in [1.807, 2.05) is 11.9 Å². The molecule has 0 bridgehead atoms. The number of halogens is 4. The van der Waals surface area contributed by atoms with Crippen LogP contribution in [0.1, 0.15) is 29.5 Å². The fourth-order valence-electron chi connectivity index (χ4n) is 3.75. The SMILES string of the molecule is CN(Cc1cccc(C(F)(F)F)c1)C1CCN(S(=O)(=O)Cc2cccc(F)c2)CC1. The van der Waals surface area contributed by atoms with Crippen molar-refractivity contribution in [3.63, 3.8) is 0 Å². The lowest BCUT2D eigenvalue weighted by Gasteiger charge is -2.36. The molecule has 30 heavy (non-hydrogen) atoms. The third kappa shape index (κ3) is 5.80. The molecule has 2 aromatic carbocycles. The Balaban J connectivity index is 1.57. The fraction of sp³-hybridized carbons (Fsp3) is 0.429. The molecule has 0 saturated carbocycles. The van der Waals surface area contributed by atoms with Crippen molar-refractivity contribution in [1.82, 2.24) is 9.21 Å². The topological polar surface area (TPSA) is 40.6 Å². The first-order valence-electron chi connectivity index (χ1n) is 9.63. The average Bonchev–Trinajstić information content (AvgIpc) is 2.67. The zero-order valence-electron chi connectivity index (χ0n) is 16.6. The molecule has 2 aromatic rings. The molecule has 0 aromatic heterocycles. The van der Waals surface area contributed by atoms with Gasteiger partial charge < -0.3 is 0 Å². The molecular weight excluding hydrogens is 420 g/mol. The summed E-state index contributed by atoms with van der Waals surface area (Å²) in [7, 11) is -1.72. The predicted molar refractivity (Wildman–Crippen MR) is 107 cm³/mol. The Hall–Kier alpha value is -1.97. The maximum atomic E-state index is 13.3. The van der Waals surface area contributed by atoms with Gasteiger partial charge in [-0.3, -0.25) is 4.90 Å². The summed E-state index contributed by atoms with van der Waals surface area (Å²) >= 11 is 0. The Bertz CT molecular complexity index is 971. The van der Waals surface area contributed by atoms with Gasteiger partial charge in [-0.2, -0.15) is 13.2 Å². The van der Waals surface area contributed by atoms with Crippen LogP contribution in [0.5, 0.6) is 0 Å². The zero-order chi connectivity index (χ0) is 21.9. The first-order chi connectivity index (χ1) is 14.0. The van der Waals surface area contributed by atoms with Crippen molar-refractivity contribution >= 4 is 10.0 Å². The van der Waals surface area contributed by atoms with Crippen LogP contribution in [0.15, 0.2) is 48.5 Å². The number of sulfonamides is 1. The largest absolute Gasteiger partial charge is 0.416 e. The summed E-state index contributed by atoms with van der Waals surface area (Å²) < 4.78 is 78.7. The smallest absolute Gasteiger partial charge is 0.299 e. The molecule has 164 valence electrons. The van der Waals surface area contributed by atoms with Gasteiger partial charge >= 0.3 is 6.18 Å². The number of piperidine rings is 1. The Morgan fingerprint density at radius 2 is 1.67 bits per heavy atom. The molecule has 9 heteroatoms. The highest BCUT2D eigenvalue weighted by atomic mass is 32.2. The Labute approximate surface area is 174 Å². The summed E-state index contributed by atoms with van der Waals surface area (Å²) in [6.07, 6.45) is -3.22. The fourth-order valence-corrected chi connectivity index (χ4v) is 5.30. The van der Waals surface area contributed by atoms with E-state index in [-0.39, 0.29) is 11.8 Å². The lowest BCUT2D eigenvalue weighted by molar-refractivity contribution is -0.137. The van der Waals surface area contributed by atoms with Gasteiger partial charge in [-0.15, -0.1) is 0 Å². The molecule has 0 aliphatic carbocycles. The van der Waals surface area contributed by atoms with E-state index < -0.39 is 27.6 Å². The van der Waals surface area contributed by atoms with Crippen molar-refractivity contribution in [2.75, 3.05) is 20.1 Å². The molecule has 0 radical (unpaired) electrons. The molecule has 1 fully saturated rings. The molecule has 1 aliphatic heterocycles. The number of rotatable bonds is 6. The van der Waals surface area contributed by atoms with Gasteiger partial charge in [-0.1, -0.05) is 30.3 Å². The highest BCUT2D eigenvalue weighted by molar-refractivity contribution is 7.88. The monoisotopic (exact) mass is 444 g/mol. The van der Waals surface area contributed by atoms with Crippen molar-refractivity contribution in [3.8, 4) is 0 Å². The van der Waals surface area contributed by atoms with Crippen molar-refractivity contribution in [2.45, 2.75) is 37.4 Å². The molecule has 0 N–H and O–H groups in total. The van der Waals surface area contributed by atoms with Crippen molar-refractivity contribution in [3.05, 3.63) is 71.0 Å². The van der Waals surface area contributed by atoms with Gasteiger partial charge in [0.15, 0.2) is 0 Å². The van der Waals surface area contributed by atoms with Gasteiger partial charge in [0, 0.05) is 25.7 Å². The summed E-state index contributed by atoms with van der Waals surface area (Å²) in [4.78, 5) is 1.96. The number of nitrogens with zero attached hydrogens (tertiary/aromatic N) is 2. The summed E-state index contributed by atoms with van der Waals surface area (Å²) in [5.74, 6) is -0.729. The van der Waals surface area contributed by atoms with Crippen LogP contribution in [0.4, 0.5) is 17.6 Å². The summed E-state index contributed by atoms with van der Waals surface area (Å²) in [6.45, 7) is 1.01. The van der Waals surface area contributed by atoms with Crippen LogP contribution in [0.3, 0.4) is 0 Å². The molecule has 0 amide bonds. The molecule has 4 nitrogen and oxygen atoms in total. The number of benzene rings is 2. The predicted octanol–water partition coefficient (Wildman–Crippen LogP) is 4.27. The van der Waals surface area contributed by atoms with Crippen molar-refractivity contribution < 1.29 is 26.0 Å². The molecule has 0 unspecified atom stereocenters. The molecule has 1 saturated heterocycles. The minimum Gasteiger partial charge on any atom is -0.299 e. The maximum absolute atomic E-state index is 13.3. The first kappa shape index (κ1) is 22.7. The van der Waals surface area contributed by atoms with E-state index in [1.165, 1.54) is 28.6 Å². The minimum absolute atomic E-state index is 0.0696. The molecular formula is C21H24F4N2O2S. The van der Waals surface area contributed by atoms with E-state index in [9.17, 15) is 26.0 Å².